The predicted molar refractivity (Wildman–Crippen MR) is 158 cm³/mol. The Morgan fingerprint density at radius 3 is 2.63 bits per heavy atom. The number of nitrogens with zero attached hydrogens (tertiary/aromatic N) is 5. The fourth-order valence-electron chi connectivity index (χ4n) is 6.11. The molecule has 1 N–H and O–H groups in total. The summed E-state index contributed by atoms with van der Waals surface area (Å²) in [5.74, 6) is -0.890. The average Bonchev–Trinajstić information content (AvgIpc) is 3.51. The number of para-hydroxylation sites is 1. The molecule has 0 bridgehead atoms. The van der Waals surface area contributed by atoms with Crippen molar-refractivity contribution >= 4 is 34.4 Å². The molecule has 12 heteroatoms. The lowest BCUT2D eigenvalue weighted by Gasteiger charge is -2.39. The average molecular weight is 608 g/mol. The Hall–Kier alpha value is -3.93. The summed E-state index contributed by atoms with van der Waals surface area (Å²) in [5, 5.41) is 9.82. The SMILES string of the molecule is C[C@@H](c1nc2ccc(C(=O)O)nc2n1C[C@@H]1CCO1)N1CCN(c2cccc3c2O[C@](C)(c2ccc(Cl)cc2F)O3)CC1. The molecule has 2 aromatic heterocycles. The van der Waals surface area contributed by atoms with Gasteiger partial charge in [0.1, 0.15) is 17.2 Å². The number of benzene rings is 2. The van der Waals surface area contributed by atoms with Crippen LogP contribution in [0, 0.1) is 5.82 Å². The second kappa shape index (κ2) is 10.7. The summed E-state index contributed by atoms with van der Waals surface area (Å²) < 4.78 is 35.0. The molecular weight excluding hydrogens is 577 g/mol. The summed E-state index contributed by atoms with van der Waals surface area (Å²) in [7, 11) is 0. The Balaban J connectivity index is 1.10. The number of pyridine rings is 1. The van der Waals surface area contributed by atoms with E-state index >= 15 is 0 Å². The highest BCUT2D eigenvalue weighted by molar-refractivity contribution is 6.30. The fraction of sp³-hybridized carbons (Fsp3) is 0.387. The van der Waals surface area contributed by atoms with Gasteiger partial charge in [-0.3, -0.25) is 4.90 Å². The number of fused-ring (bicyclic) bond motifs is 2. The van der Waals surface area contributed by atoms with Crippen LogP contribution in [0.25, 0.3) is 11.2 Å². The fourth-order valence-corrected chi connectivity index (χ4v) is 6.27. The minimum atomic E-state index is -1.32. The number of hydrogen-bond acceptors (Lipinski definition) is 8. The predicted octanol–water partition coefficient (Wildman–Crippen LogP) is 5.24. The number of carbonyl (C=O) groups is 1. The van der Waals surface area contributed by atoms with E-state index in [0.717, 1.165) is 50.7 Å². The first-order chi connectivity index (χ1) is 20.7. The van der Waals surface area contributed by atoms with Crippen molar-refractivity contribution in [3.8, 4) is 11.5 Å². The van der Waals surface area contributed by atoms with Crippen LogP contribution in [0.1, 0.15) is 48.2 Å². The van der Waals surface area contributed by atoms with E-state index < -0.39 is 17.6 Å². The summed E-state index contributed by atoms with van der Waals surface area (Å²) in [6.45, 7) is 8.09. The topological polar surface area (TPSA) is 102 Å². The number of aromatic nitrogens is 3. The standard InChI is InChI=1S/C31H31ClFN5O5/c1-18(28-34-23-8-9-24(30(39)40)35-29(23)38(28)17-20-10-15-41-20)36-11-13-37(14-12-36)25-4-3-5-26-27(25)43-31(2,42-26)21-7-6-19(32)16-22(21)33/h3-9,16,18,20H,10-15,17H2,1-2H3,(H,39,40)/t18-,20-,31+/m0/s1. The van der Waals surface area contributed by atoms with Crippen molar-refractivity contribution in [1.82, 2.24) is 19.4 Å². The van der Waals surface area contributed by atoms with Gasteiger partial charge in [-0.25, -0.2) is 19.2 Å². The lowest BCUT2D eigenvalue weighted by atomic mass is 10.1. The van der Waals surface area contributed by atoms with Crippen LogP contribution in [0.15, 0.2) is 48.5 Å². The summed E-state index contributed by atoms with van der Waals surface area (Å²) in [4.78, 5) is 25.6. The number of aromatic carboxylic acids is 1. The van der Waals surface area contributed by atoms with Gasteiger partial charge in [-0.1, -0.05) is 17.7 Å². The Morgan fingerprint density at radius 1 is 1.14 bits per heavy atom. The normalized spacial score (nSPS) is 22.5. The van der Waals surface area contributed by atoms with Crippen LogP contribution < -0.4 is 14.4 Å². The maximum Gasteiger partial charge on any atom is 0.354 e. The number of carboxylic acid groups (broad SMARTS) is 1. The number of halogens is 2. The highest BCUT2D eigenvalue weighted by Crippen LogP contribution is 2.50. The van der Waals surface area contributed by atoms with Gasteiger partial charge >= 0.3 is 5.97 Å². The maximum absolute atomic E-state index is 14.8. The lowest BCUT2D eigenvalue weighted by Crippen LogP contribution is -2.47. The minimum Gasteiger partial charge on any atom is -0.477 e. The largest absolute Gasteiger partial charge is 0.477 e. The van der Waals surface area contributed by atoms with Gasteiger partial charge in [-0.05, 0) is 55.8 Å². The number of imidazole rings is 1. The van der Waals surface area contributed by atoms with Crippen molar-refractivity contribution in [2.45, 2.75) is 44.7 Å². The third-order valence-corrected chi connectivity index (χ3v) is 8.81. The number of carboxylic acids is 1. The summed E-state index contributed by atoms with van der Waals surface area (Å²) >= 11 is 5.97. The number of ether oxygens (including phenoxy) is 3. The Morgan fingerprint density at radius 2 is 1.93 bits per heavy atom. The zero-order valence-corrected chi connectivity index (χ0v) is 24.6. The van der Waals surface area contributed by atoms with Gasteiger partial charge in [-0.2, -0.15) is 0 Å². The molecule has 0 saturated carbocycles. The first-order valence-corrected chi connectivity index (χ1v) is 14.8. The highest BCUT2D eigenvalue weighted by atomic mass is 35.5. The molecule has 5 heterocycles. The quantitative estimate of drug-likeness (QED) is 0.302. The molecule has 3 aliphatic heterocycles. The van der Waals surface area contributed by atoms with Crippen molar-refractivity contribution in [3.63, 3.8) is 0 Å². The van der Waals surface area contributed by atoms with Crippen LogP contribution in [0.5, 0.6) is 11.5 Å². The molecule has 0 radical (unpaired) electrons. The Labute approximate surface area is 252 Å². The van der Waals surface area contributed by atoms with Crippen LogP contribution in [0.4, 0.5) is 10.1 Å². The third-order valence-electron chi connectivity index (χ3n) is 8.58. The van der Waals surface area contributed by atoms with Gasteiger partial charge in [0.05, 0.1) is 29.9 Å². The van der Waals surface area contributed by atoms with Gasteiger partial charge < -0.3 is 28.8 Å². The monoisotopic (exact) mass is 607 g/mol. The summed E-state index contributed by atoms with van der Waals surface area (Å²) in [6.07, 6.45) is 1.01. The van der Waals surface area contributed by atoms with Crippen molar-refractivity contribution in [2.75, 3.05) is 37.7 Å². The van der Waals surface area contributed by atoms with E-state index in [2.05, 4.69) is 21.7 Å². The van der Waals surface area contributed by atoms with Crippen LogP contribution >= 0.6 is 11.6 Å². The van der Waals surface area contributed by atoms with Gasteiger partial charge in [0.2, 0.25) is 0 Å². The molecule has 43 heavy (non-hydrogen) atoms. The first kappa shape index (κ1) is 27.9. The van der Waals surface area contributed by atoms with E-state index in [4.69, 9.17) is 30.8 Å². The Kier molecular flexibility index (Phi) is 6.91. The van der Waals surface area contributed by atoms with E-state index in [1.54, 1.807) is 25.1 Å². The molecule has 0 aliphatic carbocycles. The van der Waals surface area contributed by atoms with Gasteiger partial charge in [-0.15, -0.1) is 0 Å². The highest BCUT2D eigenvalue weighted by Gasteiger charge is 2.43. The molecule has 2 saturated heterocycles. The van der Waals surface area contributed by atoms with Crippen molar-refractivity contribution in [1.29, 1.82) is 0 Å². The molecule has 4 aromatic rings. The third kappa shape index (κ3) is 4.95. The number of anilines is 1. The van der Waals surface area contributed by atoms with E-state index in [0.29, 0.717) is 34.2 Å². The van der Waals surface area contributed by atoms with E-state index in [-0.39, 0.29) is 23.4 Å². The second-order valence-corrected chi connectivity index (χ2v) is 11.7. The number of hydrogen-bond donors (Lipinski definition) is 1. The molecule has 2 fully saturated rings. The van der Waals surface area contributed by atoms with Crippen LogP contribution in [0.3, 0.4) is 0 Å². The van der Waals surface area contributed by atoms with Crippen molar-refractivity contribution in [2.24, 2.45) is 0 Å². The van der Waals surface area contributed by atoms with E-state index in [1.165, 1.54) is 12.1 Å². The summed E-state index contributed by atoms with van der Waals surface area (Å²) in [6, 6.07) is 13.4. The molecule has 0 spiro atoms. The number of piperazine rings is 1. The minimum absolute atomic E-state index is 0.00696. The van der Waals surface area contributed by atoms with Gasteiger partial charge in [0, 0.05) is 44.7 Å². The molecule has 224 valence electrons. The van der Waals surface area contributed by atoms with Crippen molar-refractivity contribution in [3.05, 3.63) is 76.5 Å². The lowest BCUT2D eigenvalue weighted by molar-refractivity contribution is -0.0705. The van der Waals surface area contributed by atoms with Crippen LogP contribution in [0.2, 0.25) is 5.02 Å². The molecule has 3 aliphatic rings. The molecule has 0 amide bonds. The molecule has 10 nitrogen and oxygen atoms in total. The summed E-state index contributed by atoms with van der Waals surface area (Å²) in [5.41, 5.74) is 2.39. The zero-order chi connectivity index (χ0) is 29.9. The number of rotatable bonds is 7. The molecule has 0 unspecified atom stereocenters. The Bertz CT molecular complexity index is 1720. The van der Waals surface area contributed by atoms with Crippen LogP contribution in [-0.2, 0) is 17.1 Å². The second-order valence-electron chi connectivity index (χ2n) is 11.3. The molecule has 2 aromatic carbocycles. The maximum atomic E-state index is 14.8. The van der Waals surface area contributed by atoms with Crippen LogP contribution in [-0.4, -0.2) is 69.4 Å². The van der Waals surface area contributed by atoms with E-state index in [1.807, 2.05) is 22.8 Å². The van der Waals surface area contributed by atoms with E-state index in [9.17, 15) is 14.3 Å². The van der Waals surface area contributed by atoms with Gasteiger partial charge in [0.15, 0.2) is 22.8 Å². The van der Waals surface area contributed by atoms with Gasteiger partial charge in [0.25, 0.3) is 5.79 Å². The molecule has 7 rings (SSSR count). The smallest absolute Gasteiger partial charge is 0.354 e. The zero-order valence-electron chi connectivity index (χ0n) is 23.8. The molecule has 3 atom stereocenters. The van der Waals surface area contributed by atoms with Crippen molar-refractivity contribution < 1.29 is 28.5 Å². The first-order valence-electron chi connectivity index (χ1n) is 14.4. The molecular formula is C31H31ClFN5O5.